The fraction of sp³-hybridized carbons (Fsp3) is 0.0800. The van der Waals surface area contributed by atoms with E-state index >= 15 is 0 Å². The summed E-state index contributed by atoms with van der Waals surface area (Å²) in [5.41, 5.74) is 4.12. The van der Waals surface area contributed by atoms with E-state index in [0.717, 1.165) is 15.6 Å². The van der Waals surface area contributed by atoms with Crippen LogP contribution >= 0.6 is 15.9 Å². The third-order valence-electron chi connectivity index (χ3n) is 4.94. The van der Waals surface area contributed by atoms with Crippen molar-refractivity contribution in [2.24, 2.45) is 5.10 Å². The highest BCUT2D eigenvalue weighted by Crippen LogP contribution is 2.20. The molecule has 4 aromatic rings. The lowest BCUT2D eigenvalue weighted by Crippen LogP contribution is -2.20. The summed E-state index contributed by atoms with van der Waals surface area (Å²) < 4.78 is 8.14. The molecule has 0 atom stereocenters. The van der Waals surface area contributed by atoms with Gasteiger partial charge in [0.15, 0.2) is 0 Å². The number of para-hydroxylation sites is 1. The number of amides is 1. The van der Waals surface area contributed by atoms with Gasteiger partial charge in [0.05, 0.1) is 17.7 Å². The molecule has 0 saturated heterocycles. The van der Waals surface area contributed by atoms with Gasteiger partial charge >= 0.3 is 5.69 Å². The molecular weight excluding hydrogens is 514 g/mol. The maximum absolute atomic E-state index is 12.6. The molecule has 10 heteroatoms. The number of halogens is 1. The van der Waals surface area contributed by atoms with Crippen LogP contribution in [-0.2, 0) is 13.2 Å². The highest BCUT2D eigenvalue weighted by Gasteiger charge is 2.25. The van der Waals surface area contributed by atoms with Gasteiger partial charge in [-0.3, -0.25) is 19.6 Å². The molecule has 9 nitrogen and oxygen atoms in total. The fourth-order valence-electron chi connectivity index (χ4n) is 3.23. The number of carbonyl (C=O) groups is 1. The molecule has 0 spiro atoms. The largest absolute Gasteiger partial charge is 0.488 e. The summed E-state index contributed by atoms with van der Waals surface area (Å²) in [6, 6.07) is 24.4. The van der Waals surface area contributed by atoms with E-state index in [0.29, 0.717) is 17.9 Å². The summed E-state index contributed by atoms with van der Waals surface area (Å²) in [5.74, 6) is -0.204. The molecule has 1 N–H and O–H groups in total. The summed E-state index contributed by atoms with van der Waals surface area (Å²) in [6.07, 6.45) is 2.65. The number of nitrogens with one attached hydrogen (secondary N) is 1. The maximum atomic E-state index is 12.6. The molecule has 0 aliphatic rings. The maximum Gasteiger partial charge on any atom is 0.320 e. The number of rotatable bonds is 9. The van der Waals surface area contributed by atoms with Crippen LogP contribution in [0.4, 0.5) is 5.69 Å². The lowest BCUT2D eigenvalue weighted by atomic mass is 10.2. The second-order valence-electron chi connectivity index (χ2n) is 7.46. The van der Waals surface area contributed by atoms with E-state index in [1.807, 2.05) is 66.7 Å². The monoisotopic (exact) mass is 533 g/mol. The van der Waals surface area contributed by atoms with Gasteiger partial charge in [-0.15, -0.1) is 0 Å². The third kappa shape index (κ3) is 6.39. The van der Waals surface area contributed by atoms with Gasteiger partial charge in [0.25, 0.3) is 5.91 Å². The van der Waals surface area contributed by atoms with Crippen molar-refractivity contribution in [3.63, 3.8) is 0 Å². The van der Waals surface area contributed by atoms with Crippen LogP contribution in [0, 0.1) is 10.1 Å². The molecule has 176 valence electrons. The summed E-state index contributed by atoms with van der Waals surface area (Å²) in [6.45, 7) is 0.650. The van der Waals surface area contributed by atoms with Crippen LogP contribution in [0.3, 0.4) is 0 Å². The van der Waals surface area contributed by atoms with Gasteiger partial charge in [0, 0.05) is 10.0 Å². The minimum absolute atomic E-state index is 0.275. The van der Waals surface area contributed by atoms with E-state index in [1.165, 1.54) is 17.1 Å². The first-order valence-corrected chi connectivity index (χ1v) is 11.3. The highest BCUT2D eigenvalue weighted by atomic mass is 79.9. The minimum atomic E-state index is -0.787. The number of nitrogens with zero attached hydrogens (tertiary/aromatic N) is 4. The third-order valence-corrected chi connectivity index (χ3v) is 5.47. The molecule has 0 radical (unpaired) electrons. The zero-order valence-corrected chi connectivity index (χ0v) is 20.0. The Bertz CT molecular complexity index is 1350. The molecule has 1 amide bonds. The Balaban J connectivity index is 1.44. The van der Waals surface area contributed by atoms with Crippen molar-refractivity contribution in [1.29, 1.82) is 0 Å². The Hall–Kier alpha value is -4.31. The lowest BCUT2D eigenvalue weighted by molar-refractivity contribution is -0.385. The van der Waals surface area contributed by atoms with E-state index < -0.39 is 16.5 Å². The normalized spacial score (nSPS) is 10.9. The van der Waals surface area contributed by atoms with Crippen molar-refractivity contribution in [3.8, 4) is 5.75 Å². The summed E-state index contributed by atoms with van der Waals surface area (Å²) in [7, 11) is 0. The summed E-state index contributed by atoms with van der Waals surface area (Å²) >= 11 is 3.36. The van der Waals surface area contributed by atoms with Gasteiger partial charge in [-0.25, -0.2) is 5.43 Å². The number of hydrogen-bond donors (Lipinski definition) is 1. The fourth-order valence-corrected chi connectivity index (χ4v) is 3.50. The Morgan fingerprint density at radius 3 is 2.51 bits per heavy atom. The molecule has 4 rings (SSSR count). The number of hydrogen-bond acceptors (Lipinski definition) is 6. The molecule has 0 aliphatic heterocycles. The molecule has 3 aromatic carbocycles. The van der Waals surface area contributed by atoms with Crippen molar-refractivity contribution in [2.75, 3.05) is 0 Å². The van der Waals surface area contributed by atoms with Crippen molar-refractivity contribution in [1.82, 2.24) is 15.2 Å². The Morgan fingerprint density at radius 2 is 1.77 bits per heavy atom. The van der Waals surface area contributed by atoms with Crippen LogP contribution in [0.25, 0.3) is 0 Å². The van der Waals surface area contributed by atoms with Gasteiger partial charge in [-0.05, 0) is 35.4 Å². The van der Waals surface area contributed by atoms with Crippen LogP contribution in [0.5, 0.6) is 5.75 Å². The summed E-state index contributed by atoms with van der Waals surface area (Å²) in [4.78, 5) is 23.5. The zero-order valence-electron chi connectivity index (χ0n) is 18.4. The van der Waals surface area contributed by atoms with Gasteiger partial charge in [0.2, 0.25) is 5.69 Å². The molecule has 35 heavy (non-hydrogen) atoms. The van der Waals surface area contributed by atoms with Gasteiger partial charge in [0.1, 0.15) is 18.6 Å². The first-order chi connectivity index (χ1) is 17.0. The Morgan fingerprint density at radius 1 is 1.06 bits per heavy atom. The number of ether oxygens (including phenoxy) is 1. The molecule has 0 unspecified atom stereocenters. The predicted octanol–water partition coefficient (Wildman–Crippen LogP) is 4.95. The van der Waals surface area contributed by atoms with Crippen molar-refractivity contribution >= 4 is 33.7 Å². The van der Waals surface area contributed by atoms with Crippen molar-refractivity contribution < 1.29 is 14.5 Å². The molecule has 0 saturated carbocycles. The standard InChI is InChI=1S/C25H20BrN5O4/c26-21-12-10-18(11-13-21)15-30-16-22(31(33)34)24(29-30)25(32)28-27-14-20-8-4-5-9-23(20)35-17-19-6-2-1-3-7-19/h1-14,16H,15,17H2,(H,28,32)/b27-14-. The van der Waals surface area contributed by atoms with E-state index in [-0.39, 0.29) is 12.2 Å². The number of aromatic nitrogens is 2. The number of carbonyl (C=O) groups excluding carboxylic acids is 1. The SMILES string of the molecule is O=C(N/N=C\c1ccccc1OCc1ccccc1)c1nn(Cc2ccc(Br)cc2)cc1[N+](=O)[O-]. The molecule has 0 bridgehead atoms. The quantitative estimate of drug-likeness (QED) is 0.186. The van der Waals surface area contributed by atoms with Crippen LogP contribution in [0.15, 0.2) is 94.6 Å². The number of nitro groups is 1. The average Bonchev–Trinajstić information content (AvgIpc) is 3.30. The number of benzene rings is 3. The van der Waals surface area contributed by atoms with Crippen LogP contribution in [-0.4, -0.2) is 26.8 Å². The topological polar surface area (TPSA) is 112 Å². The van der Waals surface area contributed by atoms with E-state index in [9.17, 15) is 14.9 Å². The van der Waals surface area contributed by atoms with Crippen LogP contribution in [0.1, 0.15) is 27.2 Å². The average molecular weight is 534 g/mol. The molecule has 1 aromatic heterocycles. The van der Waals surface area contributed by atoms with Gasteiger partial charge in [-0.2, -0.15) is 10.2 Å². The smallest absolute Gasteiger partial charge is 0.320 e. The summed E-state index contributed by atoms with van der Waals surface area (Å²) in [5, 5.41) is 19.5. The first-order valence-electron chi connectivity index (χ1n) is 10.5. The molecular formula is C25H20BrN5O4. The minimum Gasteiger partial charge on any atom is -0.488 e. The van der Waals surface area contributed by atoms with Crippen LogP contribution in [0.2, 0.25) is 0 Å². The van der Waals surface area contributed by atoms with Gasteiger partial charge in [-0.1, -0.05) is 70.5 Å². The highest BCUT2D eigenvalue weighted by molar-refractivity contribution is 9.10. The molecule has 1 heterocycles. The van der Waals surface area contributed by atoms with E-state index in [1.54, 1.807) is 12.1 Å². The Labute approximate surface area is 209 Å². The van der Waals surface area contributed by atoms with Crippen molar-refractivity contribution in [2.45, 2.75) is 13.2 Å². The second kappa shape index (κ2) is 11.2. The predicted molar refractivity (Wildman–Crippen MR) is 134 cm³/mol. The van der Waals surface area contributed by atoms with Crippen molar-refractivity contribution in [3.05, 3.63) is 122 Å². The van der Waals surface area contributed by atoms with E-state index in [4.69, 9.17) is 4.74 Å². The molecule has 0 aliphatic carbocycles. The number of hydrazone groups is 1. The van der Waals surface area contributed by atoms with E-state index in [2.05, 4.69) is 31.6 Å². The van der Waals surface area contributed by atoms with Gasteiger partial charge < -0.3 is 4.74 Å². The second-order valence-corrected chi connectivity index (χ2v) is 8.37. The first kappa shape index (κ1) is 23.8. The molecule has 0 fully saturated rings. The zero-order chi connectivity index (χ0) is 24.6. The van der Waals surface area contributed by atoms with Crippen LogP contribution < -0.4 is 10.2 Å². The lowest BCUT2D eigenvalue weighted by Gasteiger charge is -2.08. The Kier molecular flexibility index (Phi) is 7.63.